The largest absolute Gasteiger partial charge is 0.490 e. The van der Waals surface area contributed by atoms with E-state index < -0.39 is 12.1 Å². The van der Waals surface area contributed by atoms with Crippen LogP contribution in [0.3, 0.4) is 0 Å². The molecule has 0 saturated heterocycles. The number of ether oxygens (including phenoxy) is 3. The number of hydrogen-bond donors (Lipinski definition) is 1. The molecule has 3 atom stereocenters. The van der Waals surface area contributed by atoms with E-state index in [1.807, 2.05) is 78.9 Å². The summed E-state index contributed by atoms with van der Waals surface area (Å²) < 4.78 is 17.2. The SMILES string of the molecule is CO[C@@H](Cc1ccc(O[C@@H]2CC[C@H](Oc3ccc(C(=O)Cc4ccccc4)cc3)C2)cc1)C(=O)O. The van der Waals surface area contributed by atoms with Crippen LogP contribution in [0, 0.1) is 0 Å². The van der Waals surface area contributed by atoms with Gasteiger partial charge in [0.1, 0.15) is 23.7 Å². The second kappa shape index (κ2) is 11.7. The Kier molecular flexibility index (Phi) is 8.16. The Morgan fingerprint density at radius 1 is 0.829 bits per heavy atom. The van der Waals surface area contributed by atoms with Crippen LogP contribution in [0.25, 0.3) is 0 Å². The summed E-state index contributed by atoms with van der Waals surface area (Å²) in [6.07, 6.45) is 2.52. The number of benzene rings is 3. The lowest BCUT2D eigenvalue weighted by Gasteiger charge is -2.16. The number of Topliss-reactive ketones (excluding diaryl/α,β-unsaturated/α-hetero) is 1. The number of carboxylic acid groups (broad SMARTS) is 1. The van der Waals surface area contributed by atoms with E-state index in [2.05, 4.69) is 0 Å². The first kappa shape index (κ1) is 24.5. The molecule has 0 unspecified atom stereocenters. The first-order chi connectivity index (χ1) is 17.0. The van der Waals surface area contributed by atoms with Gasteiger partial charge >= 0.3 is 5.97 Å². The van der Waals surface area contributed by atoms with E-state index in [0.29, 0.717) is 18.4 Å². The summed E-state index contributed by atoms with van der Waals surface area (Å²) in [6, 6.07) is 24.6. The quantitative estimate of drug-likeness (QED) is 0.388. The van der Waals surface area contributed by atoms with Crippen molar-refractivity contribution in [2.45, 2.75) is 50.4 Å². The molecule has 0 spiro atoms. The number of carbonyl (C=O) groups excluding carboxylic acids is 1. The summed E-state index contributed by atoms with van der Waals surface area (Å²) in [4.78, 5) is 23.6. The van der Waals surface area contributed by atoms with Gasteiger partial charge in [-0.05, 0) is 60.4 Å². The topological polar surface area (TPSA) is 82.1 Å². The van der Waals surface area contributed by atoms with Gasteiger partial charge in [-0.1, -0.05) is 42.5 Å². The molecule has 1 aliphatic carbocycles. The molecule has 0 aliphatic heterocycles. The Hall–Kier alpha value is -3.64. The van der Waals surface area contributed by atoms with Crippen molar-refractivity contribution < 1.29 is 28.9 Å². The van der Waals surface area contributed by atoms with E-state index in [1.54, 1.807) is 0 Å². The molecule has 0 bridgehead atoms. The van der Waals surface area contributed by atoms with Crippen molar-refractivity contribution in [1.82, 2.24) is 0 Å². The minimum atomic E-state index is -0.974. The van der Waals surface area contributed by atoms with Crippen LogP contribution in [0.1, 0.15) is 40.7 Å². The Bertz CT molecular complexity index is 1110. The summed E-state index contributed by atoms with van der Waals surface area (Å²) in [6.45, 7) is 0. The average molecular weight is 475 g/mol. The predicted octanol–water partition coefficient (Wildman–Crippen LogP) is 5.13. The van der Waals surface area contributed by atoms with Gasteiger partial charge in [0.25, 0.3) is 0 Å². The van der Waals surface area contributed by atoms with Crippen LogP contribution in [-0.2, 0) is 22.4 Å². The zero-order valence-electron chi connectivity index (χ0n) is 19.8. The molecule has 3 aromatic rings. The fourth-order valence-electron chi connectivity index (χ4n) is 4.29. The summed E-state index contributed by atoms with van der Waals surface area (Å²) in [5.41, 5.74) is 2.56. The number of hydrogen-bond acceptors (Lipinski definition) is 5. The van der Waals surface area contributed by atoms with E-state index in [-0.39, 0.29) is 18.0 Å². The molecule has 0 radical (unpaired) electrons. The standard InChI is InChI=1S/C29H30O6/c1-33-28(29(31)32)18-21-7-11-23(12-8-21)34-25-15-16-26(19-25)35-24-13-9-22(10-14-24)27(30)17-20-5-3-2-4-6-20/h2-14,25-26,28H,15-19H2,1H3,(H,31,32)/t25-,26+,28+/m1/s1. The molecular formula is C29H30O6. The summed E-state index contributed by atoms with van der Waals surface area (Å²) in [5.74, 6) is 0.620. The first-order valence-electron chi connectivity index (χ1n) is 11.8. The van der Waals surface area contributed by atoms with Crippen LogP contribution in [0.4, 0.5) is 0 Å². The van der Waals surface area contributed by atoms with E-state index in [9.17, 15) is 9.59 Å². The highest BCUT2D eigenvalue weighted by Gasteiger charge is 2.28. The Balaban J connectivity index is 1.24. The predicted molar refractivity (Wildman–Crippen MR) is 132 cm³/mol. The van der Waals surface area contributed by atoms with E-state index in [4.69, 9.17) is 19.3 Å². The van der Waals surface area contributed by atoms with Gasteiger partial charge < -0.3 is 19.3 Å². The monoisotopic (exact) mass is 474 g/mol. The fraction of sp³-hybridized carbons (Fsp3) is 0.310. The summed E-state index contributed by atoms with van der Waals surface area (Å²) in [5, 5.41) is 9.13. The van der Waals surface area contributed by atoms with Gasteiger partial charge in [0.2, 0.25) is 0 Å². The zero-order valence-corrected chi connectivity index (χ0v) is 19.8. The highest BCUT2D eigenvalue weighted by molar-refractivity contribution is 5.97. The number of carbonyl (C=O) groups is 2. The zero-order chi connectivity index (χ0) is 24.6. The molecule has 0 amide bonds. The highest BCUT2D eigenvalue weighted by Crippen LogP contribution is 2.29. The molecule has 6 nitrogen and oxygen atoms in total. The fourth-order valence-corrected chi connectivity index (χ4v) is 4.29. The maximum absolute atomic E-state index is 12.5. The van der Waals surface area contributed by atoms with Crippen LogP contribution >= 0.6 is 0 Å². The molecule has 1 aliphatic rings. The Morgan fingerprint density at radius 2 is 1.40 bits per heavy atom. The van der Waals surface area contributed by atoms with Crippen molar-refractivity contribution in [1.29, 1.82) is 0 Å². The first-order valence-corrected chi connectivity index (χ1v) is 11.8. The Labute approximate surface area is 205 Å². The third-order valence-electron chi connectivity index (χ3n) is 6.23. The van der Waals surface area contributed by atoms with Crippen molar-refractivity contribution in [2.75, 3.05) is 7.11 Å². The second-order valence-corrected chi connectivity index (χ2v) is 8.81. The van der Waals surface area contributed by atoms with Gasteiger partial charge in [0.15, 0.2) is 11.9 Å². The third-order valence-corrected chi connectivity index (χ3v) is 6.23. The maximum Gasteiger partial charge on any atom is 0.333 e. The molecule has 0 aromatic heterocycles. The van der Waals surface area contributed by atoms with Gasteiger partial charge in [0, 0.05) is 31.9 Å². The molecule has 3 aromatic carbocycles. The van der Waals surface area contributed by atoms with Crippen LogP contribution in [0.15, 0.2) is 78.9 Å². The molecule has 1 saturated carbocycles. The van der Waals surface area contributed by atoms with Crippen molar-refractivity contribution in [2.24, 2.45) is 0 Å². The third kappa shape index (κ3) is 6.93. The molecular weight excluding hydrogens is 444 g/mol. The minimum absolute atomic E-state index is 0.0585. The van der Waals surface area contributed by atoms with Crippen LogP contribution in [0.2, 0.25) is 0 Å². The molecule has 6 heteroatoms. The van der Waals surface area contributed by atoms with E-state index in [0.717, 1.165) is 41.9 Å². The smallest absolute Gasteiger partial charge is 0.333 e. The van der Waals surface area contributed by atoms with Crippen molar-refractivity contribution in [3.05, 3.63) is 95.6 Å². The van der Waals surface area contributed by atoms with Crippen molar-refractivity contribution in [3.8, 4) is 11.5 Å². The summed E-state index contributed by atoms with van der Waals surface area (Å²) >= 11 is 0. The molecule has 1 fully saturated rings. The summed E-state index contributed by atoms with van der Waals surface area (Å²) in [7, 11) is 1.40. The van der Waals surface area contributed by atoms with Gasteiger partial charge in [-0.15, -0.1) is 0 Å². The molecule has 4 rings (SSSR count). The lowest BCUT2D eigenvalue weighted by Crippen LogP contribution is -2.24. The Morgan fingerprint density at radius 3 is 1.94 bits per heavy atom. The van der Waals surface area contributed by atoms with Gasteiger partial charge in [0.05, 0.1) is 0 Å². The molecule has 35 heavy (non-hydrogen) atoms. The maximum atomic E-state index is 12.5. The highest BCUT2D eigenvalue weighted by atomic mass is 16.5. The van der Waals surface area contributed by atoms with E-state index in [1.165, 1.54) is 7.11 Å². The number of carboxylic acids is 1. The van der Waals surface area contributed by atoms with Gasteiger partial charge in [-0.2, -0.15) is 0 Å². The van der Waals surface area contributed by atoms with Crippen LogP contribution in [-0.4, -0.2) is 42.3 Å². The lowest BCUT2D eigenvalue weighted by atomic mass is 10.0. The number of rotatable bonds is 11. The van der Waals surface area contributed by atoms with Gasteiger partial charge in [-0.3, -0.25) is 4.79 Å². The van der Waals surface area contributed by atoms with Crippen LogP contribution < -0.4 is 9.47 Å². The van der Waals surface area contributed by atoms with Crippen molar-refractivity contribution in [3.63, 3.8) is 0 Å². The molecule has 1 N–H and O–H groups in total. The number of methoxy groups -OCH3 is 1. The number of aliphatic carboxylic acids is 1. The number of ketones is 1. The molecule has 182 valence electrons. The normalized spacial score (nSPS) is 18.1. The van der Waals surface area contributed by atoms with E-state index >= 15 is 0 Å². The van der Waals surface area contributed by atoms with Crippen LogP contribution in [0.5, 0.6) is 11.5 Å². The molecule has 0 heterocycles. The van der Waals surface area contributed by atoms with Crippen molar-refractivity contribution >= 4 is 11.8 Å². The lowest BCUT2D eigenvalue weighted by molar-refractivity contribution is -0.148. The minimum Gasteiger partial charge on any atom is -0.490 e. The van der Waals surface area contributed by atoms with Gasteiger partial charge in [-0.25, -0.2) is 4.79 Å². The average Bonchev–Trinajstić information content (AvgIpc) is 3.31. The second-order valence-electron chi connectivity index (χ2n) is 8.81.